The molecular weight excluding hydrogens is 178 g/mol. The molecule has 74 valence electrons. The first-order chi connectivity index (χ1) is 5.27. The van der Waals surface area contributed by atoms with Crippen molar-refractivity contribution in [1.82, 2.24) is 0 Å². The normalized spacial score (nSPS) is 17.3. The summed E-state index contributed by atoms with van der Waals surface area (Å²) in [4.78, 5) is 0. The van der Waals surface area contributed by atoms with Crippen molar-refractivity contribution in [2.45, 2.75) is 18.9 Å². The van der Waals surface area contributed by atoms with Gasteiger partial charge in [-0.1, -0.05) is 0 Å². The second-order valence-electron chi connectivity index (χ2n) is 3.47. The number of ether oxygens (including phenoxy) is 1. The van der Waals surface area contributed by atoms with Crippen molar-refractivity contribution in [2.75, 3.05) is 25.7 Å². The Morgan fingerprint density at radius 2 is 2.00 bits per heavy atom. The van der Waals surface area contributed by atoms with Crippen LogP contribution < -0.4 is 5.73 Å². The molecule has 2 N–H and O–H groups in total. The van der Waals surface area contributed by atoms with Gasteiger partial charge in [-0.15, -0.1) is 0 Å². The SMILES string of the molecule is COCC(C)(N)CCS(C)(=O)=O. The minimum absolute atomic E-state index is 0.114. The fourth-order valence-corrected chi connectivity index (χ4v) is 1.66. The van der Waals surface area contributed by atoms with Crippen molar-refractivity contribution in [3.8, 4) is 0 Å². The van der Waals surface area contributed by atoms with Crippen LogP contribution in [0.4, 0.5) is 0 Å². The molecule has 0 aromatic rings. The maximum Gasteiger partial charge on any atom is 0.147 e. The number of sulfone groups is 1. The van der Waals surface area contributed by atoms with E-state index in [1.165, 1.54) is 6.26 Å². The van der Waals surface area contributed by atoms with Crippen molar-refractivity contribution in [2.24, 2.45) is 5.73 Å². The monoisotopic (exact) mass is 195 g/mol. The van der Waals surface area contributed by atoms with E-state index in [2.05, 4.69) is 0 Å². The van der Waals surface area contributed by atoms with Gasteiger partial charge in [-0.25, -0.2) is 8.42 Å². The lowest BCUT2D eigenvalue weighted by atomic mass is 10.0. The van der Waals surface area contributed by atoms with E-state index in [1.54, 1.807) is 14.0 Å². The molecule has 0 rings (SSSR count). The van der Waals surface area contributed by atoms with Crippen molar-refractivity contribution < 1.29 is 13.2 Å². The molecule has 0 amide bonds. The smallest absolute Gasteiger partial charge is 0.147 e. The van der Waals surface area contributed by atoms with E-state index in [9.17, 15) is 8.42 Å². The molecule has 0 aromatic heterocycles. The van der Waals surface area contributed by atoms with E-state index in [1.807, 2.05) is 0 Å². The molecule has 4 nitrogen and oxygen atoms in total. The lowest BCUT2D eigenvalue weighted by Gasteiger charge is -2.22. The Balaban J connectivity index is 3.92. The molecule has 0 bridgehead atoms. The standard InChI is InChI=1S/C7H17NO3S/c1-7(8,6-11-2)4-5-12(3,9)10/h4-6,8H2,1-3H3. The highest BCUT2D eigenvalue weighted by molar-refractivity contribution is 7.90. The molecule has 0 heterocycles. The van der Waals surface area contributed by atoms with Crippen molar-refractivity contribution >= 4 is 9.84 Å². The Labute approximate surface area is 74.0 Å². The largest absolute Gasteiger partial charge is 0.383 e. The molecule has 0 aromatic carbocycles. The Morgan fingerprint density at radius 3 is 2.33 bits per heavy atom. The molecule has 0 aliphatic heterocycles. The molecule has 0 saturated heterocycles. The van der Waals surface area contributed by atoms with E-state index in [0.29, 0.717) is 13.0 Å². The molecule has 0 spiro atoms. The zero-order valence-corrected chi connectivity index (χ0v) is 8.65. The Morgan fingerprint density at radius 1 is 1.50 bits per heavy atom. The average molecular weight is 195 g/mol. The molecule has 5 heteroatoms. The second kappa shape index (κ2) is 4.20. The molecule has 0 radical (unpaired) electrons. The molecule has 0 aliphatic carbocycles. The van der Waals surface area contributed by atoms with E-state index >= 15 is 0 Å². The lowest BCUT2D eigenvalue weighted by Crippen LogP contribution is -2.42. The minimum Gasteiger partial charge on any atom is -0.383 e. The van der Waals surface area contributed by atoms with Gasteiger partial charge < -0.3 is 10.5 Å². The first kappa shape index (κ1) is 11.9. The molecule has 0 fully saturated rings. The van der Waals surface area contributed by atoms with Crippen LogP contribution in [0, 0.1) is 0 Å². The van der Waals surface area contributed by atoms with Gasteiger partial charge in [0.15, 0.2) is 0 Å². The Bertz CT molecular complexity index is 221. The lowest BCUT2D eigenvalue weighted by molar-refractivity contribution is 0.139. The van der Waals surface area contributed by atoms with E-state index in [-0.39, 0.29) is 5.75 Å². The van der Waals surface area contributed by atoms with Crippen LogP contribution in [-0.4, -0.2) is 39.7 Å². The van der Waals surface area contributed by atoms with Gasteiger partial charge >= 0.3 is 0 Å². The van der Waals surface area contributed by atoms with Crippen LogP contribution in [0.5, 0.6) is 0 Å². The fourth-order valence-electron chi connectivity index (χ4n) is 0.820. The van der Waals surface area contributed by atoms with Gasteiger partial charge in [0, 0.05) is 18.9 Å². The van der Waals surface area contributed by atoms with E-state index < -0.39 is 15.4 Å². The van der Waals surface area contributed by atoms with Gasteiger partial charge in [0.05, 0.1) is 12.4 Å². The highest BCUT2D eigenvalue weighted by Gasteiger charge is 2.20. The molecular formula is C7H17NO3S. The summed E-state index contributed by atoms with van der Waals surface area (Å²) in [7, 11) is -1.36. The number of hydrogen-bond donors (Lipinski definition) is 1. The molecule has 0 aliphatic rings. The minimum atomic E-state index is -2.91. The second-order valence-corrected chi connectivity index (χ2v) is 5.73. The summed E-state index contributed by atoms with van der Waals surface area (Å²) in [6.07, 6.45) is 1.63. The first-order valence-electron chi connectivity index (χ1n) is 3.72. The number of nitrogens with two attached hydrogens (primary N) is 1. The van der Waals surface area contributed by atoms with Crippen LogP contribution in [-0.2, 0) is 14.6 Å². The van der Waals surface area contributed by atoms with Crippen molar-refractivity contribution in [1.29, 1.82) is 0 Å². The quantitative estimate of drug-likeness (QED) is 0.658. The predicted molar refractivity (Wildman–Crippen MR) is 48.8 cm³/mol. The molecule has 1 atom stereocenters. The summed E-state index contributed by atoms with van der Waals surface area (Å²) in [6.45, 7) is 2.16. The van der Waals surface area contributed by atoms with Gasteiger partial charge in [-0.05, 0) is 13.3 Å². The summed E-state index contributed by atoms with van der Waals surface area (Å²) in [5.74, 6) is 0.114. The third kappa shape index (κ3) is 6.57. The van der Waals surface area contributed by atoms with Crippen molar-refractivity contribution in [3.63, 3.8) is 0 Å². The zero-order chi connectivity index (χ0) is 9.83. The third-order valence-electron chi connectivity index (χ3n) is 1.52. The number of methoxy groups -OCH3 is 1. The van der Waals surface area contributed by atoms with Crippen molar-refractivity contribution in [3.05, 3.63) is 0 Å². The molecule has 12 heavy (non-hydrogen) atoms. The van der Waals surface area contributed by atoms with Crippen LogP contribution in [0.15, 0.2) is 0 Å². The maximum absolute atomic E-state index is 10.8. The predicted octanol–water partition coefficient (Wildman–Crippen LogP) is -0.215. The highest BCUT2D eigenvalue weighted by atomic mass is 32.2. The summed E-state index contributed by atoms with van der Waals surface area (Å²) in [5.41, 5.74) is 5.20. The van der Waals surface area contributed by atoms with Gasteiger partial charge in [0.2, 0.25) is 0 Å². The van der Waals surface area contributed by atoms with Gasteiger partial charge in [-0.2, -0.15) is 0 Å². The summed E-state index contributed by atoms with van der Waals surface area (Å²) in [6, 6.07) is 0. The zero-order valence-electron chi connectivity index (χ0n) is 7.83. The van der Waals surface area contributed by atoms with Crippen LogP contribution in [0.2, 0.25) is 0 Å². The van der Waals surface area contributed by atoms with Gasteiger partial charge in [-0.3, -0.25) is 0 Å². The van der Waals surface area contributed by atoms with Crippen LogP contribution in [0.25, 0.3) is 0 Å². The Kier molecular flexibility index (Phi) is 4.16. The summed E-state index contributed by atoms with van der Waals surface area (Å²) in [5, 5.41) is 0. The summed E-state index contributed by atoms with van der Waals surface area (Å²) >= 11 is 0. The van der Waals surface area contributed by atoms with Crippen LogP contribution in [0.3, 0.4) is 0 Å². The highest BCUT2D eigenvalue weighted by Crippen LogP contribution is 2.07. The fraction of sp³-hybridized carbons (Fsp3) is 1.00. The average Bonchev–Trinajstić information content (AvgIpc) is 1.83. The van der Waals surface area contributed by atoms with Gasteiger partial charge in [0.25, 0.3) is 0 Å². The summed E-state index contributed by atoms with van der Waals surface area (Å²) < 4.78 is 26.4. The topological polar surface area (TPSA) is 69.4 Å². The van der Waals surface area contributed by atoms with E-state index in [0.717, 1.165) is 0 Å². The van der Waals surface area contributed by atoms with Crippen LogP contribution >= 0.6 is 0 Å². The maximum atomic E-state index is 10.8. The Hall–Kier alpha value is -0.130. The number of hydrogen-bond acceptors (Lipinski definition) is 4. The molecule has 0 saturated carbocycles. The third-order valence-corrected chi connectivity index (χ3v) is 2.46. The van der Waals surface area contributed by atoms with Crippen LogP contribution in [0.1, 0.15) is 13.3 Å². The molecule has 1 unspecified atom stereocenters. The van der Waals surface area contributed by atoms with Gasteiger partial charge in [0.1, 0.15) is 9.84 Å². The number of rotatable bonds is 5. The van der Waals surface area contributed by atoms with E-state index in [4.69, 9.17) is 10.5 Å². The first-order valence-corrected chi connectivity index (χ1v) is 5.78.